The number of anilines is 1. The molecule has 0 spiro atoms. The van der Waals surface area contributed by atoms with Gasteiger partial charge in [0.05, 0.1) is 28.9 Å². The van der Waals surface area contributed by atoms with E-state index in [2.05, 4.69) is 25.9 Å². The molecular formula is C21H16BrF3N6O4S. The molecule has 1 aliphatic rings. The molecule has 188 valence electrons. The van der Waals surface area contributed by atoms with Crippen molar-refractivity contribution in [1.29, 1.82) is 0 Å². The van der Waals surface area contributed by atoms with Gasteiger partial charge in [-0.1, -0.05) is 15.9 Å². The highest BCUT2D eigenvalue weighted by Gasteiger charge is 2.35. The monoisotopic (exact) mass is 584 g/mol. The molecule has 0 bridgehead atoms. The maximum Gasteiger partial charge on any atom is 0.417 e. The average Bonchev–Trinajstić information content (AvgIpc) is 2.79. The minimum atomic E-state index is -4.66. The van der Waals surface area contributed by atoms with E-state index >= 15 is 0 Å². The van der Waals surface area contributed by atoms with Crippen LogP contribution in [0.1, 0.15) is 34.1 Å². The lowest BCUT2D eigenvalue weighted by molar-refractivity contribution is -0.384. The Hall–Kier alpha value is -3.59. The van der Waals surface area contributed by atoms with Crippen molar-refractivity contribution in [3.05, 3.63) is 82.6 Å². The SMILES string of the molecule is CC1Cc2c([nH]c(=S)n(-c3cnc(N)c([N+](=O)[O-])c3)c2=O)CN1C(=O)c1ccc(Br)c(C(F)(F)F)c1. The number of nitrogens with two attached hydrogens (primary N) is 1. The summed E-state index contributed by atoms with van der Waals surface area (Å²) in [5, 5.41) is 11.2. The van der Waals surface area contributed by atoms with Gasteiger partial charge in [0.2, 0.25) is 5.82 Å². The summed E-state index contributed by atoms with van der Waals surface area (Å²) in [6, 6.07) is 3.74. The van der Waals surface area contributed by atoms with Crippen LogP contribution in [0, 0.1) is 14.9 Å². The predicted octanol–water partition coefficient (Wildman–Crippen LogP) is 4.15. The van der Waals surface area contributed by atoms with Gasteiger partial charge in [-0.3, -0.25) is 24.3 Å². The third-order valence-electron chi connectivity index (χ3n) is 5.76. The van der Waals surface area contributed by atoms with Crippen LogP contribution in [0.3, 0.4) is 0 Å². The van der Waals surface area contributed by atoms with Crippen LogP contribution in [-0.2, 0) is 19.1 Å². The first kappa shape index (κ1) is 25.5. The first-order valence-electron chi connectivity index (χ1n) is 10.2. The van der Waals surface area contributed by atoms with E-state index in [1.807, 2.05) is 0 Å². The van der Waals surface area contributed by atoms with Gasteiger partial charge in [0.25, 0.3) is 11.5 Å². The number of H-pyrrole nitrogens is 1. The Balaban J connectivity index is 1.73. The number of carbonyl (C=O) groups is 1. The Bertz CT molecular complexity index is 1540. The molecule has 3 N–H and O–H groups in total. The van der Waals surface area contributed by atoms with Crippen LogP contribution in [0.5, 0.6) is 0 Å². The molecule has 1 amide bonds. The van der Waals surface area contributed by atoms with Crippen LogP contribution in [0.25, 0.3) is 5.69 Å². The third kappa shape index (κ3) is 4.51. The van der Waals surface area contributed by atoms with Gasteiger partial charge >= 0.3 is 11.9 Å². The predicted molar refractivity (Wildman–Crippen MR) is 128 cm³/mol. The number of nitrogen functional groups attached to an aromatic ring is 1. The fourth-order valence-corrected chi connectivity index (χ4v) is 4.75. The van der Waals surface area contributed by atoms with Gasteiger partial charge in [-0.25, -0.2) is 4.98 Å². The molecule has 0 saturated carbocycles. The molecule has 3 aromatic rings. The zero-order chi connectivity index (χ0) is 26.5. The van der Waals surface area contributed by atoms with E-state index in [4.69, 9.17) is 18.0 Å². The lowest BCUT2D eigenvalue weighted by atomic mass is 9.98. The summed E-state index contributed by atoms with van der Waals surface area (Å²) in [6.07, 6.45) is -3.41. The van der Waals surface area contributed by atoms with Crippen molar-refractivity contribution in [2.45, 2.75) is 32.1 Å². The molecule has 2 aromatic heterocycles. The second-order valence-electron chi connectivity index (χ2n) is 8.06. The number of alkyl halides is 3. The number of aromatic nitrogens is 3. The Morgan fingerprint density at radius 2 is 2.06 bits per heavy atom. The number of rotatable bonds is 3. The minimum absolute atomic E-state index is 0.0330. The Kier molecular flexibility index (Phi) is 6.47. The van der Waals surface area contributed by atoms with Crippen LogP contribution in [0.4, 0.5) is 24.7 Å². The van der Waals surface area contributed by atoms with E-state index in [9.17, 15) is 32.9 Å². The first-order chi connectivity index (χ1) is 16.8. The number of hydrogen-bond donors (Lipinski definition) is 2. The fraction of sp³-hybridized carbons (Fsp3) is 0.238. The molecule has 36 heavy (non-hydrogen) atoms. The van der Waals surface area contributed by atoms with Crippen LogP contribution in [0.15, 0.2) is 39.7 Å². The maximum atomic E-state index is 13.3. The largest absolute Gasteiger partial charge is 0.417 e. The van der Waals surface area contributed by atoms with Crippen molar-refractivity contribution in [2.24, 2.45) is 0 Å². The van der Waals surface area contributed by atoms with E-state index in [0.29, 0.717) is 5.69 Å². The summed E-state index contributed by atoms with van der Waals surface area (Å²) in [5.41, 5.74) is 3.97. The number of fused-ring (bicyclic) bond motifs is 1. The zero-order valence-electron chi connectivity index (χ0n) is 18.3. The summed E-state index contributed by atoms with van der Waals surface area (Å²) in [5.74, 6) is -0.970. The molecule has 1 aliphatic heterocycles. The van der Waals surface area contributed by atoms with Gasteiger partial charge in [0, 0.05) is 33.4 Å². The minimum Gasteiger partial charge on any atom is -0.378 e. The van der Waals surface area contributed by atoms with Crippen molar-refractivity contribution in [3.63, 3.8) is 0 Å². The number of halogens is 4. The van der Waals surface area contributed by atoms with Gasteiger partial charge < -0.3 is 15.6 Å². The molecule has 0 aliphatic carbocycles. The van der Waals surface area contributed by atoms with Gasteiger partial charge in [-0.2, -0.15) is 13.2 Å². The van der Waals surface area contributed by atoms with Crippen molar-refractivity contribution in [1.82, 2.24) is 19.4 Å². The number of pyridine rings is 1. The number of nitro groups is 1. The average molecular weight is 585 g/mol. The van der Waals surface area contributed by atoms with Gasteiger partial charge in [-0.05, 0) is 43.8 Å². The number of aromatic amines is 1. The van der Waals surface area contributed by atoms with E-state index in [1.165, 1.54) is 17.2 Å². The smallest absolute Gasteiger partial charge is 0.378 e. The Morgan fingerprint density at radius 1 is 1.36 bits per heavy atom. The van der Waals surface area contributed by atoms with Crippen LogP contribution >= 0.6 is 28.1 Å². The number of carbonyl (C=O) groups excluding carboxylic acids is 1. The molecule has 0 saturated heterocycles. The van der Waals surface area contributed by atoms with Gasteiger partial charge in [0.15, 0.2) is 4.77 Å². The van der Waals surface area contributed by atoms with Crippen LogP contribution in [-0.4, -0.2) is 36.3 Å². The topological polar surface area (TPSA) is 140 Å². The molecule has 15 heteroatoms. The highest BCUT2D eigenvalue weighted by atomic mass is 79.9. The highest BCUT2D eigenvalue weighted by molar-refractivity contribution is 9.10. The molecule has 4 rings (SSSR count). The molecule has 0 radical (unpaired) electrons. The van der Waals surface area contributed by atoms with E-state index in [0.717, 1.165) is 22.8 Å². The standard InChI is InChI=1S/C21H16BrF3N6O4S/c1-9-4-12-15(8-29(9)18(32)10-2-3-14(22)13(5-10)21(23,24)25)28-20(36)30(19(12)33)11-6-16(31(34)35)17(26)27-7-11/h2-3,5-7,9H,4,8H2,1H3,(H2,26,27)(H,28,36). The normalized spacial score (nSPS) is 15.5. The summed E-state index contributed by atoms with van der Waals surface area (Å²) >= 11 is 8.15. The summed E-state index contributed by atoms with van der Waals surface area (Å²) in [7, 11) is 0. The number of hydrogen-bond acceptors (Lipinski definition) is 7. The van der Waals surface area contributed by atoms with Gasteiger partial charge in [-0.15, -0.1) is 0 Å². The first-order valence-corrected chi connectivity index (χ1v) is 11.4. The second-order valence-corrected chi connectivity index (χ2v) is 9.30. The molecule has 3 heterocycles. The lowest BCUT2D eigenvalue weighted by Gasteiger charge is -2.34. The quantitative estimate of drug-likeness (QED) is 0.267. The van der Waals surface area contributed by atoms with E-state index < -0.39 is 39.9 Å². The molecule has 10 nitrogen and oxygen atoms in total. The van der Waals surface area contributed by atoms with Crippen LogP contribution in [0.2, 0.25) is 0 Å². The Labute approximate surface area is 213 Å². The van der Waals surface area contributed by atoms with Crippen LogP contribution < -0.4 is 11.3 Å². The maximum absolute atomic E-state index is 13.3. The number of nitrogens with zero attached hydrogens (tertiary/aromatic N) is 4. The van der Waals surface area contributed by atoms with Crippen molar-refractivity contribution in [2.75, 3.05) is 5.73 Å². The third-order valence-corrected chi connectivity index (χ3v) is 6.74. The number of nitrogens with one attached hydrogen (secondary N) is 1. The van der Waals surface area contributed by atoms with Crippen molar-refractivity contribution < 1.29 is 22.9 Å². The summed E-state index contributed by atoms with van der Waals surface area (Å²) < 4.78 is 40.7. The van der Waals surface area contributed by atoms with E-state index in [-0.39, 0.29) is 44.8 Å². The summed E-state index contributed by atoms with van der Waals surface area (Å²) in [6.45, 7) is 1.55. The fourth-order valence-electron chi connectivity index (χ4n) is 3.96. The number of benzene rings is 1. The molecule has 1 unspecified atom stereocenters. The molecule has 1 atom stereocenters. The lowest BCUT2D eigenvalue weighted by Crippen LogP contribution is -2.45. The van der Waals surface area contributed by atoms with Gasteiger partial charge in [0.1, 0.15) is 0 Å². The highest BCUT2D eigenvalue weighted by Crippen LogP contribution is 2.36. The molecular weight excluding hydrogens is 569 g/mol. The van der Waals surface area contributed by atoms with Crippen molar-refractivity contribution >= 4 is 45.6 Å². The van der Waals surface area contributed by atoms with Crippen molar-refractivity contribution in [3.8, 4) is 5.69 Å². The Morgan fingerprint density at radius 3 is 2.69 bits per heavy atom. The summed E-state index contributed by atoms with van der Waals surface area (Å²) in [4.78, 5) is 44.9. The second kappa shape index (κ2) is 9.13. The molecule has 0 fully saturated rings. The number of amides is 1. The van der Waals surface area contributed by atoms with E-state index in [1.54, 1.807) is 6.92 Å². The molecule has 1 aromatic carbocycles. The zero-order valence-corrected chi connectivity index (χ0v) is 20.7.